The summed E-state index contributed by atoms with van der Waals surface area (Å²) in [5.74, 6) is 0.884. The number of nitrogens with zero attached hydrogens (tertiary/aromatic N) is 1. The van der Waals surface area contributed by atoms with Crippen molar-refractivity contribution in [1.29, 1.82) is 0 Å². The number of fused-ring (bicyclic) bond motifs is 1. The van der Waals surface area contributed by atoms with E-state index in [0.717, 1.165) is 25.8 Å². The molecule has 1 amide bonds. The van der Waals surface area contributed by atoms with Crippen LogP contribution in [0.5, 0.6) is 0 Å². The number of amides is 1. The van der Waals surface area contributed by atoms with Crippen LogP contribution in [0.1, 0.15) is 36.8 Å². The molecule has 2 aliphatic rings. The van der Waals surface area contributed by atoms with Crippen LogP contribution in [0.25, 0.3) is 0 Å². The first-order valence-corrected chi connectivity index (χ1v) is 7.29. The molecule has 1 aliphatic heterocycles. The molecule has 19 heavy (non-hydrogen) atoms. The molecule has 3 heteroatoms. The summed E-state index contributed by atoms with van der Waals surface area (Å²) in [6.07, 6.45) is 3.15. The van der Waals surface area contributed by atoms with E-state index in [4.69, 9.17) is 5.73 Å². The minimum absolute atomic E-state index is 0.0928. The molecule has 0 radical (unpaired) electrons. The number of likely N-dealkylation sites (tertiary alicyclic amines) is 1. The zero-order valence-corrected chi connectivity index (χ0v) is 11.5. The first-order valence-electron chi connectivity index (χ1n) is 7.29. The summed E-state index contributed by atoms with van der Waals surface area (Å²) in [7, 11) is 0. The van der Waals surface area contributed by atoms with Crippen LogP contribution in [-0.2, 0) is 11.2 Å². The molecular weight excluding hydrogens is 236 g/mol. The van der Waals surface area contributed by atoms with Crippen LogP contribution in [0, 0.1) is 5.92 Å². The van der Waals surface area contributed by atoms with Gasteiger partial charge in [-0.25, -0.2) is 0 Å². The Labute approximate surface area is 114 Å². The van der Waals surface area contributed by atoms with E-state index in [9.17, 15) is 4.79 Å². The Morgan fingerprint density at radius 3 is 2.89 bits per heavy atom. The molecule has 1 saturated heterocycles. The predicted octanol–water partition coefficient (Wildman–Crippen LogP) is 1.91. The fourth-order valence-corrected chi connectivity index (χ4v) is 3.36. The smallest absolute Gasteiger partial charge is 0.230 e. The molecule has 3 rings (SSSR count). The van der Waals surface area contributed by atoms with E-state index in [2.05, 4.69) is 24.0 Å². The first-order chi connectivity index (χ1) is 9.20. The number of carbonyl (C=O) groups excluding carboxylic acids is 1. The summed E-state index contributed by atoms with van der Waals surface area (Å²) in [6.45, 7) is 3.70. The maximum atomic E-state index is 12.7. The van der Waals surface area contributed by atoms with Crippen LogP contribution in [-0.4, -0.2) is 29.9 Å². The number of piperidine rings is 1. The number of hydrogen-bond acceptors (Lipinski definition) is 2. The van der Waals surface area contributed by atoms with Gasteiger partial charge in [-0.1, -0.05) is 24.3 Å². The van der Waals surface area contributed by atoms with Crippen molar-refractivity contribution in [1.82, 2.24) is 4.90 Å². The maximum absolute atomic E-state index is 12.7. The Bertz CT molecular complexity index is 485. The van der Waals surface area contributed by atoms with Crippen molar-refractivity contribution in [3.05, 3.63) is 35.4 Å². The van der Waals surface area contributed by atoms with Crippen molar-refractivity contribution in [2.45, 2.75) is 38.1 Å². The molecule has 1 aliphatic carbocycles. The van der Waals surface area contributed by atoms with E-state index in [1.807, 2.05) is 12.1 Å². The zero-order chi connectivity index (χ0) is 13.4. The van der Waals surface area contributed by atoms with E-state index < -0.39 is 0 Å². The first kappa shape index (κ1) is 12.7. The van der Waals surface area contributed by atoms with Gasteiger partial charge in [-0.15, -0.1) is 0 Å². The van der Waals surface area contributed by atoms with Crippen molar-refractivity contribution in [3.8, 4) is 0 Å². The van der Waals surface area contributed by atoms with Crippen molar-refractivity contribution in [3.63, 3.8) is 0 Å². The van der Waals surface area contributed by atoms with Gasteiger partial charge in [-0.05, 0) is 49.8 Å². The number of carbonyl (C=O) groups is 1. The second-order valence-corrected chi connectivity index (χ2v) is 5.97. The molecule has 0 saturated carbocycles. The van der Waals surface area contributed by atoms with Gasteiger partial charge in [0.2, 0.25) is 5.91 Å². The maximum Gasteiger partial charge on any atom is 0.230 e. The molecule has 1 heterocycles. The zero-order valence-electron chi connectivity index (χ0n) is 11.5. The highest BCUT2D eigenvalue weighted by Crippen LogP contribution is 2.37. The van der Waals surface area contributed by atoms with E-state index in [-0.39, 0.29) is 5.92 Å². The van der Waals surface area contributed by atoms with Crippen molar-refractivity contribution in [2.24, 2.45) is 11.7 Å². The monoisotopic (exact) mass is 258 g/mol. The third-order valence-electron chi connectivity index (χ3n) is 4.75. The predicted molar refractivity (Wildman–Crippen MR) is 75.8 cm³/mol. The molecular formula is C16H22N2O. The Kier molecular flexibility index (Phi) is 3.31. The van der Waals surface area contributed by atoms with Crippen LogP contribution in [0.4, 0.5) is 0 Å². The summed E-state index contributed by atoms with van der Waals surface area (Å²) in [5, 5.41) is 0. The second kappa shape index (κ2) is 4.97. The van der Waals surface area contributed by atoms with Crippen molar-refractivity contribution >= 4 is 5.91 Å². The lowest BCUT2D eigenvalue weighted by atomic mass is 9.76. The van der Waals surface area contributed by atoms with E-state index in [1.54, 1.807) is 0 Å². The van der Waals surface area contributed by atoms with Crippen LogP contribution >= 0.6 is 0 Å². The van der Waals surface area contributed by atoms with Crippen molar-refractivity contribution in [2.75, 3.05) is 13.1 Å². The van der Waals surface area contributed by atoms with Gasteiger partial charge >= 0.3 is 0 Å². The average molecular weight is 258 g/mol. The molecule has 2 N–H and O–H groups in total. The summed E-state index contributed by atoms with van der Waals surface area (Å²) >= 11 is 0. The average Bonchev–Trinajstić information content (AvgIpc) is 2.40. The number of benzene rings is 1. The van der Waals surface area contributed by atoms with Crippen LogP contribution in [0.2, 0.25) is 0 Å². The number of hydrogen-bond donors (Lipinski definition) is 1. The molecule has 3 atom stereocenters. The largest absolute Gasteiger partial charge is 0.339 e. The molecule has 1 aromatic carbocycles. The molecule has 102 valence electrons. The summed E-state index contributed by atoms with van der Waals surface area (Å²) in [4.78, 5) is 14.8. The molecule has 1 aromatic rings. The molecule has 1 fully saturated rings. The Hall–Kier alpha value is -1.35. The number of nitrogens with two attached hydrogens (primary N) is 1. The van der Waals surface area contributed by atoms with E-state index in [1.165, 1.54) is 11.1 Å². The highest BCUT2D eigenvalue weighted by atomic mass is 16.2. The third kappa shape index (κ3) is 2.16. The topological polar surface area (TPSA) is 46.3 Å². The normalized spacial score (nSPS) is 29.6. The van der Waals surface area contributed by atoms with Crippen LogP contribution in [0.15, 0.2) is 24.3 Å². The minimum Gasteiger partial charge on any atom is -0.339 e. The molecule has 3 nitrogen and oxygen atoms in total. The molecule has 0 bridgehead atoms. The van der Waals surface area contributed by atoms with Gasteiger partial charge in [0.25, 0.3) is 0 Å². The third-order valence-corrected chi connectivity index (χ3v) is 4.75. The molecule has 0 aromatic heterocycles. The lowest BCUT2D eigenvalue weighted by Gasteiger charge is -2.41. The highest BCUT2D eigenvalue weighted by Gasteiger charge is 2.38. The van der Waals surface area contributed by atoms with Gasteiger partial charge in [-0.3, -0.25) is 4.79 Å². The fraction of sp³-hybridized carbons (Fsp3) is 0.562. The molecule has 3 unspecified atom stereocenters. The van der Waals surface area contributed by atoms with Gasteiger partial charge in [0.05, 0.1) is 5.92 Å². The van der Waals surface area contributed by atoms with Gasteiger partial charge in [0.15, 0.2) is 0 Å². The Morgan fingerprint density at radius 1 is 1.37 bits per heavy atom. The summed E-state index contributed by atoms with van der Waals surface area (Å²) in [6, 6.07) is 8.66. The lowest BCUT2D eigenvalue weighted by Crippen LogP contribution is -2.50. The summed E-state index contributed by atoms with van der Waals surface area (Å²) in [5.41, 5.74) is 8.34. The summed E-state index contributed by atoms with van der Waals surface area (Å²) < 4.78 is 0. The van der Waals surface area contributed by atoms with E-state index in [0.29, 0.717) is 24.4 Å². The molecule has 0 spiro atoms. The van der Waals surface area contributed by atoms with Crippen LogP contribution < -0.4 is 5.73 Å². The van der Waals surface area contributed by atoms with Crippen LogP contribution in [0.3, 0.4) is 0 Å². The van der Waals surface area contributed by atoms with Crippen molar-refractivity contribution < 1.29 is 4.79 Å². The van der Waals surface area contributed by atoms with Gasteiger partial charge < -0.3 is 10.6 Å². The van der Waals surface area contributed by atoms with Gasteiger partial charge in [0, 0.05) is 12.6 Å². The van der Waals surface area contributed by atoms with Gasteiger partial charge in [0.1, 0.15) is 0 Å². The fourth-order valence-electron chi connectivity index (χ4n) is 3.36. The second-order valence-electron chi connectivity index (χ2n) is 5.97. The lowest BCUT2D eigenvalue weighted by molar-refractivity contribution is -0.137. The highest BCUT2D eigenvalue weighted by molar-refractivity contribution is 5.87. The van der Waals surface area contributed by atoms with E-state index >= 15 is 0 Å². The Morgan fingerprint density at radius 2 is 2.16 bits per heavy atom. The van der Waals surface area contributed by atoms with Gasteiger partial charge in [-0.2, -0.15) is 0 Å². The SMILES string of the molecule is CC1CCC(CN)CN1C(=O)C1Cc2ccccc21. The Balaban J connectivity index is 1.74. The minimum atomic E-state index is 0.0928. The quantitative estimate of drug-likeness (QED) is 0.881. The standard InChI is InChI=1S/C16H22N2O/c1-11-6-7-12(9-17)10-18(11)16(19)15-8-13-4-2-3-5-14(13)15/h2-5,11-12,15H,6-10,17H2,1H3. The number of rotatable bonds is 2.